The molecule has 0 bridgehead atoms. The second-order valence-corrected chi connectivity index (χ2v) is 4.38. The molecule has 90 valence electrons. The Bertz CT molecular complexity index is 501. The van der Waals surface area contributed by atoms with Gasteiger partial charge in [-0.1, -0.05) is 4.68 Å². The first-order valence-electron chi connectivity index (χ1n) is 4.89. The van der Waals surface area contributed by atoms with Gasteiger partial charge in [0.2, 0.25) is 0 Å². The fraction of sp³-hybridized carbons (Fsp3) is 0.300. The molecule has 2 heterocycles. The van der Waals surface area contributed by atoms with Crippen molar-refractivity contribution in [1.82, 2.24) is 10.2 Å². The van der Waals surface area contributed by atoms with Crippen LogP contribution in [0.15, 0.2) is 21.3 Å². The van der Waals surface area contributed by atoms with Gasteiger partial charge in [-0.05, 0) is 11.4 Å². The van der Waals surface area contributed by atoms with Crippen LogP contribution in [0.3, 0.4) is 0 Å². The summed E-state index contributed by atoms with van der Waals surface area (Å²) >= 11 is 1.45. The van der Waals surface area contributed by atoms with Gasteiger partial charge in [-0.15, -0.1) is 0 Å². The van der Waals surface area contributed by atoms with Crippen molar-refractivity contribution in [2.75, 3.05) is 7.05 Å². The average Bonchev–Trinajstić information content (AvgIpc) is 2.93. The first kappa shape index (κ1) is 11.6. The van der Waals surface area contributed by atoms with Gasteiger partial charge in [0.25, 0.3) is 11.6 Å². The normalized spacial score (nSPS) is 10.5. The molecule has 0 radical (unpaired) electrons. The van der Waals surface area contributed by atoms with Gasteiger partial charge in [0.15, 0.2) is 13.0 Å². The molecule has 0 unspecified atom stereocenters. The van der Waals surface area contributed by atoms with Crippen molar-refractivity contribution in [3.05, 3.63) is 28.1 Å². The molecule has 0 N–H and O–H groups in total. The summed E-state index contributed by atoms with van der Waals surface area (Å²) in [4.78, 5) is 13.4. The van der Waals surface area contributed by atoms with Gasteiger partial charge in [0.1, 0.15) is 6.54 Å². The molecule has 2 rings (SSSR count). The van der Waals surface area contributed by atoms with E-state index >= 15 is 0 Å². The minimum atomic E-state index is -0.516. The highest BCUT2D eigenvalue weighted by Gasteiger charge is 2.19. The van der Waals surface area contributed by atoms with E-state index in [1.807, 2.05) is 5.38 Å². The van der Waals surface area contributed by atoms with Gasteiger partial charge in [-0.3, -0.25) is 4.79 Å². The van der Waals surface area contributed by atoms with Crippen LogP contribution in [0.5, 0.6) is 5.95 Å². The van der Waals surface area contributed by atoms with Crippen LogP contribution in [0.4, 0.5) is 0 Å². The predicted molar refractivity (Wildman–Crippen MR) is 57.2 cm³/mol. The van der Waals surface area contributed by atoms with E-state index in [0.29, 0.717) is 11.3 Å². The van der Waals surface area contributed by atoms with Crippen LogP contribution in [0.1, 0.15) is 16.1 Å². The van der Waals surface area contributed by atoms with E-state index in [-0.39, 0.29) is 12.5 Å². The van der Waals surface area contributed by atoms with Gasteiger partial charge in [0.05, 0.1) is 10.8 Å². The van der Waals surface area contributed by atoms with Crippen LogP contribution in [0.2, 0.25) is 0 Å². The molecular weight excluding hydrogens is 242 g/mol. The van der Waals surface area contributed by atoms with Crippen molar-refractivity contribution in [3.8, 4) is 5.95 Å². The number of aryl methyl sites for hydroxylation is 1. The van der Waals surface area contributed by atoms with Crippen molar-refractivity contribution in [1.29, 1.82) is 0 Å². The van der Waals surface area contributed by atoms with Crippen molar-refractivity contribution in [2.45, 2.75) is 6.54 Å². The number of amides is 1. The van der Waals surface area contributed by atoms with E-state index in [1.165, 1.54) is 20.9 Å². The number of carbonyl (C=O) groups is 1. The van der Waals surface area contributed by atoms with E-state index < -0.39 is 5.95 Å². The monoisotopic (exact) mass is 253 g/mol. The zero-order chi connectivity index (χ0) is 12.4. The third-order valence-electron chi connectivity index (χ3n) is 2.37. The first-order valence-corrected chi connectivity index (χ1v) is 5.83. The average molecular weight is 253 g/mol. The van der Waals surface area contributed by atoms with E-state index in [9.17, 15) is 9.90 Å². The Kier molecular flexibility index (Phi) is 3.10. The van der Waals surface area contributed by atoms with Gasteiger partial charge < -0.3 is 14.5 Å². The maximum Gasteiger partial charge on any atom is 0.254 e. The van der Waals surface area contributed by atoms with Crippen LogP contribution >= 0.6 is 11.3 Å². The molecule has 0 spiro atoms. The lowest BCUT2D eigenvalue weighted by molar-refractivity contribution is -0.746. The molecule has 0 saturated heterocycles. The summed E-state index contributed by atoms with van der Waals surface area (Å²) in [7, 11) is 3.23. The minimum Gasteiger partial charge on any atom is -0.539 e. The molecule has 0 fully saturated rings. The lowest BCUT2D eigenvalue weighted by atomic mass is 10.3. The van der Waals surface area contributed by atoms with Gasteiger partial charge >= 0.3 is 0 Å². The predicted octanol–water partition coefficient (Wildman–Crippen LogP) is -0.0936. The molecule has 17 heavy (non-hydrogen) atoms. The highest BCUT2D eigenvalue weighted by molar-refractivity contribution is 7.08. The summed E-state index contributed by atoms with van der Waals surface area (Å²) in [5, 5.41) is 18.4. The summed E-state index contributed by atoms with van der Waals surface area (Å²) in [6.07, 6.45) is 0. The Hall–Kier alpha value is -1.89. The Balaban J connectivity index is 2.12. The van der Waals surface area contributed by atoms with Crippen molar-refractivity contribution >= 4 is 17.2 Å². The number of hydrogen-bond donors (Lipinski definition) is 0. The number of thiophene rings is 1. The van der Waals surface area contributed by atoms with E-state index in [2.05, 4.69) is 9.79 Å². The molecule has 1 amide bonds. The molecule has 0 saturated carbocycles. The zero-order valence-electron chi connectivity index (χ0n) is 9.41. The second kappa shape index (κ2) is 4.54. The van der Waals surface area contributed by atoms with E-state index in [1.54, 1.807) is 25.5 Å². The fourth-order valence-corrected chi connectivity index (χ4v) is 2.03. The molecule has 0 aromatic carbocycles. The van der Waals surface area contributed by atoms with Crippen molar-refractivity contribution < 1.29 is 19.1 Å². The highest BCUT2D eigenvalue weighted by atomic mass is 32.1. The lowest BCUT2D eigenvalue weighted by Gasteiger charge is -2.13. The molecule has 0 aliphatic rings. The SMILES string of the molecule is CN(Cc1c([O-])on[n+]1C)C(=O)c1ccsc1. The third-order valence-corrected chi connectivity index (χ3v) is 3.06. The lowest BCUT2D eigenvalue weighted by Crippen LogP contribution is -2.38. The standard InChI is InChI=1S/C10H11N3O3S/c1-12(9(14)7-3-4-17-6-7)5-8-10(15)16-11-13(8)2/h3-4,6H,5H2,1-2H3. The van der Waals surface area contributed by atoms with E-state index in [4.69, 9.17) is 0 Å². The van der Waals surface area contributed by atoms with Gasteiger partial charge in [-0.25, -0.2) is 0 Å². The fourth-order valence-electron chi connectivity index (χ4n) is 1.40. The first-order chi connectivity index (χ1) is 8.09. The molecular formula is C10H11N3O3S. The molecule has 0 aliphatic carbocycles. The van der Waals surface area contributed by atoms with Crippen LogP contribution in [-0.2, 0) is 13.6 Å². The van der Waals surface area contributed by atoms with Crippen LogP contribution in [-0.4, -0.2) is 23.1 Å². The number of aromatic nitrogens is 2. The number of hydrogen-bond acceptors (Lipinski definition) is 5. The molecule has 2 aromatic heterocycles. The largest absolute Gasteiger partial charge is 0.539 e. The smallest absolute Gasteiger partial charge is 0.254 e. The maximum absolute atomic E-state index is 11.9. The van der Waals surface area contributed by atoms with Crippen LogP contribution < -0.4 is 9.79 Å². The summed E-state index contributed by atoms with van der Waals surface area (Å²) in [6.45, 7) is 0.174. The second-order valence-electron chi connectivity index (χ2n) is 3.60. The minimum absolute atomic E-state index is 0.133. The summed E-state index contributed by atoms with van der Waals surface area (Å²) in [5.41, 5.74) is 0.958. The molecule has 0 aliphatic heterocycles. The number of nitrogens with zero attached hydrogens (tertiary/aromatic N) is 3. The Morgan fingerprint density at radius 2 is 2.47 bits per heavy atom. The molecule has 7 heteroatoms. The Morgan fingerprint density at radius 1 is 1.71 bits per heavy atom. The third kappa shape index (κ3) is 2.28. The topological polar surface area (TPSA) is 73.3 Å². The maximum atomic E-state index is 11.9. The van der Waals surface area contributed by atoms with Crippen LogP contribution in [0, 0.1) is 0 Å². The molecule has 2 aromatic rings. The zero-order valence-corrected chi connectivity index (χ0v) is 10.2. The summed E-state index contributed by atoms with van der Waals surface area (Å²) in [5.74, 6) is -0.649. The molecule has 0 atom stereocenters. The van der Waals surface area contributed by atoms with Gasteiger partial charge in [0, 0.05) is 12.4 Å². The van der Waals surface area contributed by atoms with E-state index in [0.717, 1.165) is 0 Å². The molecule has 6 nitrogen and oxygen atoms in total. The number of carbonyl (C=O) groups excluding carboxylic acids is 1. The van der Waals surface area contributed by atoms with Gasteiger partial charge in [-0.2, -0.15) is 11.3 Å². The Morgan fingerprint density at radius 3 is 3.00 bits per heavy atom. The van der Waals surface area contributed by atoms with Crippen molar-refractivity contribution in [2.24, 2.45) is 7.05 Å². The summed E-state index contributed by atoms with van der Waals surface area (Å²) in [6, 6.07) is 1.75. The number of rotatable bonds is 3. The quantitative estimate of drug-likeness (QED) is 0.716. The highest BCUT2D eigenvalue weighted by Crippen LogP contribution is 2.13. The summed E-state index contributed by atoms with van der Waals surface area (Å²) < 4.78 is 5.82. The van der Waals surface area contributed by atoms with Crippen molar-refractivity contribution in [3.63, 3.8) is 0 Å². The van der Waals surface area contributed by atoms with Crippen LogP contribution in [0.25, 0.3) is 0 Å². The Labute approximate surface area is 102 Å².